The Balaban J connectivity index is 2.21. The van der Waals surface area contributed by atoms with E-state index in [1.54, 1.807) is 12.1 Å². The lowest BCUT2D eigenvalue weighted by atomic mass is 10.1. The first kappa shape index (κ1) is 15.8. The van der Waals surface area contributed by atoms with Crippen LogP contribution in [0.5, 0.6) is 0 Å². The number of hydrogen-bond donors (Lipinski definition) is 0. The minimum absolute atomic E-state index is 0.161. The van der Waals surface area contributed by atoms with Crippen LogP contribution in [0.1, 0.15) is 27.1 Å². The van der Waals surface area contributed by atoms with Crippen LogP contribution in [-0.2, 0) is 23.7 Å². The molecule has 1 aromatic rings. The van der Waals surface area contributed by atoms with Gasteiger partial charge in [-0.3, -0.25) is 19.2 Å². The van der Waals surface area contributed by atoms with Crippen LogP contribution in [0.15, 0.2) is 24.3 Å². The van der Waals surface area contributed by atoms with Crippen LogP contribution in [0.3, 0.4) is 0 Å². The van der Waals surface area contributed by atoms with Crippen molar-refractivity contribution in [3.8, 4) is 0 Å². The largest absolute Gasteiger partial charge is 0.543 e. The Hall–Kier alpha value is -2.61. The van der Waals surface area contributed by atoms with Gasteiger partial charge in [0.2, 0.25) is 0 Å². The number of hydrogen-bond acceptors (Lipinski definition) is 7. The van der Waals surface area contributed by atoms with E-state index in [4.69, 9.17) is 4.84 Å². The molecule has 0 unspecified atom stereocenters. The molecule has 2 amide bonds. The first-order valence-corrected chi connectivity index (χ1v) is 6.28. The summed E-state index contributed by atoms with van der Waals surface area (Å²) in [5.74, 6) is -3.06. The minimum atomic E-state index is -1.46. The maximum Gasteiger partial charge on any atom is 0.326 e. The molecule has 1 atom stereocenters. The lowest BCUT2D eigenvalue weighted by Gasteiger charge is -2.20. The summed E-state index contributed by atoms with van der Waals surface area (Å²) in [5, 5.41) is 0.454. The monoisotopic (exact) mass is 303 g/mol. The number of amides is 2. The van der Waals surface area contributed by atoms with Crippen LogP contribution >= 0.6 is 0 Å². The second-order valence-electron chi connectivity index (χ2n) is 4.35. The van der Waals surface area contributed by atoms with E-state index < -0.39 is 36.3 Å². The second-order valence-corrected chi connectivity index (χ2v) is 4.35. The van der Waals surface area contributed by atoms with Gasteiger partial charge in [-0.15, -0.1) is 5.06 Å². The number of hydroxylamine groups is 2. The Kier molecular flexibility index (Phi) is 4.62. The van der Waals surface area contributed by atoms with Crippen LogP contribution in [0.4, 0.5) is 0 Å². The Bertz CT molecular complexity index is 613. The predicted octanol–water partition coefficient (Wildman–Crippen LogP) is -1.84. The highest BCUT2D eigenvalue weighted by Gasteiger charge is 2.40. The Morgan fingerprint density at radius 1 is 1.05 bits per heavy atom. The van der Waals surface area contributed by atoms with Gasteiger partial charge in [0.25, 0.3) is 17.8 Å². The van der Waals surface area contributed by atoms with E-state index in [1.165, 1.54) is 12.1 Å². The van der Waals surface area contributed by atoms with E-state index in [2.05, 4.69) is 9.31 Å². The summed E-state index contributed by atoms with van der Waals surface area (Å²) < 4.78 is 8.93. The fourth-order valence-electron chi connectivity index (χ4n) is 1.92. The van der Waals surface area contributed by atoms with Crippen molar-refractivity contribution in [1.29, 1.82) is 0 Å². The zero-order chi connectivity index (χ0) is 16.3. The quantitative estimate of drug-likeness (QED) is 0.465. The molecule has 0 N–H and O–H groups in total. The summed E-state index contributed by atoms with van der Waals surface area (Å²) in [6, 6.07) is 6.12. The molecule has 0 saturated heterocycles. The van der Waals surface area contributed by atoms with Crippen LogP contribution in [0.25, 0.3) is 0 Å². The molecule has 10 heteroatoms. The Labute approximate surface area is 127 Å². The fraction of sp³-hybridized carbons (Fsp3) is 0.167. The van der Waals surface area contributed by atoms with Gasteiger partial charge < -0.3 is 9.31 Å². The minimum Gasteiger partial charge on any atom is -0.543 e. The van der Waals surface area contributed by atoms with Crippen LogP contribution in [0.2, 0.25) is 0 Å². The molecule has 1 aliphatic rings. The molecule has 0 bridgehead atoms. The lowest BCUT2D eigenvalue weighted by Crippen LogP contribution is -2.40. The van der Waals surface area contributed by atoms with Gasteiger partial charge in [0, 0.05) is 0 Å². The van der Waals surface area contributed by atoms with Gasteiger partial charge in [-0.1, -0.05) is 12.1 Å². The van der Waals surface area contributed by atoms with Gasteiger partial charge in [-0.05, 0) is 12.1 Å². The highest BCUT2D eigenvalue weighted by atomic mass is 16.7. The summed E-state index contributed by atoms with van der Waals surface area (Å²) in [5.41, 5.74) is 0.323. The first-order valence-electron chi connectivity index (χ1n) is 6.28. The molecule has 8 nitrogen and oxygen atoms in total. The summed E-state index contributed by atoms with van der Waals surface area (Å²) in [4.78, 5) is 52.3. The molecule has 1 aliphatic heterocycles. The number of imide groups is 1. The van der Waals surface area contributed by atoms with Gasteiger partial charge in [0.05, 0.1) is 17.5 Å². The number of carbonyl (C=O) groups is 4. The van der Waals surface area contributed by atoms with E-state index in [9.17, 15) is 19.2 Å². The molecule has 1 heterocycles. The fourth-order valence-corrected chi connectivity index (χ4v) is 1.92. The molecule has 0 aromatic heterocycles. The maximum absolute atomic E-state index is 12.1. The molecule has 0 fully saturated rings. The molecule has 112 valence electrons. The maximum atomic E-state index is 12.1. The van der Waals surface area contributed by atoms with E-state index in [1.807, 2.05) is 0 Å². The van der Waals surface area contributed by atoms with Crippen molar-refractivity contribution < 1.29 is 33.3 Å². The number of benzene rings is 1. The molecular formula is C12H11B2NO7. The Morgan fingerprint density at radius 2 is 1.59 bits per heavy atom. The topological polar surface area (TPSA) is 99.2 Å². The lowest BCUT2D eigenvalue weighted by molar-refractivity contribution is -0.177. The number of carbonyl (C=O) groups excluding carboxylic acids is 4. The van der Waals surface area contributed by atoms with Crippen molar-refractivity contribution in [3.63, 3.8) is 0 Å². The standard InChI is InChI=1S/C12H11B2NO7/c13-20-9(16)5-8(12(19)21-14)22-15-10(17)6-3-1-2-4-7(6)11(15)18/h1-4,8H,5,13-14H2/t8-/m0/s1. The van der Waals surface area contributed by atoms with Crippen LogP contribution in [0, 0.1) is 0 Å². The van der Waals surface area contributed by atoms with Gasteiger partial charge in [-0.25, -0.2) is 4.84 Å². The van der Waals surface area contributed by atoms with E-state index in [0.29, 0.717) is 5.06 Å². The molecule has 0 aliphatic carbocycles. The molecule has 1 aromatic carbocycles. The average Bonchev–Trinajstić information content (AvgIpc) is 2.78. The smallest absolute Gasteiger partial charge is 0.326 e. The highest BCUT2D eigenvalue weighted by molar-refractivity contribution is 6.20. The van der Waals surface area contributed by atoms with Crippen molar-refractivity contribution in [2.75, 3.05) is 0 Å². The SMILES string of the molecule is BOC(=O)C[C@H](ON1C(=O)c2ccccc2C1=O)C(=O)OB. The van der Waals surface area contributed by atoms with E-state index >= 15 is 0 Å². The molecule has 22 heavy (non-hydrogen) atoms. The van der Waals surface area contributed by atoms with Crippen molar-refractivity contribution in [2.45, 2.75) is 12.5 Å². The van der Waals surface area contributed by atoms with Crippen molar-refractivity contribution >= 4 is 39.9 Å². The molecule has 0 saturated carbocycles. The summed E-state index contributed by atoms with van der Waals surface area (Å²) in [6.45, 7) is 0. The van der Waals surface area contributed by atoms with Gasteiger partial charge >= 0.3 is 22.1 Å². The summed E-state index contributed by atoms with van der Waals surface area (Å²) in [7, 11) is 2.23. The normalized spacial score (nSPS) is 14.5. The van der Waals surface area contributed by atoms with Gasteiger partial charge in [0.1, 0.15) is 0 Å². The third-order valence-corrected chi connectivity index (χ3v) is 3.03. The van der Waals surface area contributed by atoms with E-state index in [-0.39, 0.29) is 11.1 Å². The van der Waals surface area contributed by atoms with E-state index in [0.717, 1.165) is 16.1 Å². The second kappa shape index (κ2) is 6.44. The van der Waals surface area contributed by atoms with Crippen LogP contribution < -0.4 is 0 Å². The molecule has 0 radical (unpaired) electrons. The summed E-state index contributed by atoms with van der Waals surface area (Å²) in [6.07, 6.45) is -1.95. The van der Waals surface area contributed by atoms with Crippen molar-refractivity contribution in [3.05, 3.63) is 35.4 Å². The zero-order valence-electron chi connectivity index (χ0n) is 11.9. The first-order chi connectivity index (χ1) is 10.5. The third-order valence-electron chi connectivity index (χ3n) is 3.03. The number of fused-ring (bicyclic) bond motifs is 1. The molecule has 2 rings (SSSR count). The van der Waals surface area contributed by atoms with Gasteiger partial charge in [-0.2, -0.15) is 0 Å². The van der Waals surface area contributed by atoms with Crippen molar-refractivity contribution in [2.24, 2.45) is 0 Å². The highest BCUT2D eigenvalue weighted by Crippen LogP contribution is 2.24. The number of nitrogens with zero attached hydrogens (tertiary/aromatic N) is 1. The van der Waals surface area contributed by atoms with Gasteiger partial charge in [0.15, 0.2) is 6.10 Å². The average molecular weight is 303 g/mol. The predicted molar refractivity (Wildman–Crippen MR) is 75.7 cm³/mol. The van der Waals surface area contributed by atoms with Crippen LogP contribution in [-0.4, -0.2) is 51.0 Å². The number of rotatable bonds is 5. The summed E-state index contributed by atoms with van der Waals surface area (Å²) >= 11 is 0. The Morgan fingerprint density at radius 3 is 2.05 bits per heavy atom. The molecule has 0 spiro atoms. The van der Waals surface area contributed by atoms with Crippen molar-refractivity contribution in [1.82, 2.24) is 5.06 Å². The third kappa shape index (κ3) is 2.86. The molecular weight excluding hydrogens is 292 g/mol. The zero-order valence-corrected chi connectivity index (χ0v) is 11.9.